The molecule has 2 rings (SSSR count). The summed E-state index contributed by atoms with van der Waals surface area (Å²) in [6.07, 6.45) is 4.12. The van der Waals surface area contributed by atoms with Gasteiger partial charge in [0.05, 0.1) is 17.7 Å². The summed E-state index contributed by atoms with van der Waals surface area (Å²) in [4.78, 5) is 4.14. The average molecular weight is 313 g/mol. The molecule has 1 heterocycles. The fraction of sp³-hybridized carbons (Fsp3) is 0.733. The number of thiazole rings is 1. The van der Waals surface area contributed by atoms with E-state index < -0.39 is 11.5 Å². The molecule has 0 saturated heterocycles. The van der Waals surface area contributed by atoms with Crippen LogP contribution >= 0.6 is 22.9 Å². The number of aromatic nitrogens is 1. The Morgan fingerprint density at radius 2 is 2.10 bits per heavy atom. The summed E-state index contributed by atoms with van der Waals surface area (Å²) in [5.41, 5.74) is -0.444. The molecular weight excluding hydrogens is 292 g/mol. The third-order valence-electron chi connectivity index (χ3n) is 4.58. The van der Waals surface area contributed by atoms with E-state index in [4.69, 9.17) is 11.6 Å². The molecule has 1 aromatic heterocycles. The molecule has 1 atom stereocenters. The quantitative estimate of drug-likeness (QED) is 0.869. The molecule has 3 nitrogen and oxygen atoms in total. The molecule has 0 radical (unpaired) electrons. The summed E-state index contributed by atoms with van der Waals surface area (Å²) in [6, 6.07) is 2.37. The zero-order valence-corrected chi connectivity index (χ0v) is 13.8. The van der Waals surface area contributed by atoms with Crippen LogP contribution in [0.2, 0.25) is 4.34 Å². The minimum absolute atomic E-state index is 0.261. The SMILES string of the molecule is CC(C)(C)C1CCC(C#N)(C(O)c2ncc(Cl)s2)CC1. The van der Waals surface area contributed by atoms with E-state index >= 15 is 0 Å². The zero-order chi connectivity index (χ0) is 15.0. The molecular formula is C15H21ClN2OS. The summed E-state index contributed by atoms with van der Waals surface area (Å²) in [7, 11) is 0. The first-order chi connectivity index (χ1) is 9.28. The number of halogens is 1. The van der Waals surface area contributed by atoms with Crippen molar-refractivity contribution >= 4 is 22.9 Å². The van der Waals surface area contributed by atoms with E-state index in [9.17, 15) is 10.4 Å². The van der Waals surface area contributed by atoms with Crippen LogP contribution in [-0.4, -0.2) is 10.1 Å². The van der Waals surface area contributed by atoms with Gasteiger partial charge < -0.3 is 5.11 Å². The van der Waals surface area contributed by atoms with Crippen molar-refractivity contribution in [1.29, 1.82) is 5.26 Å². The van der Waals surface area contributed by atoms with E-state index in [2.05, 4.69) is 31.8 Å². The van der Waals surface area contributed by atoms with E-state index in [1.54, 1.807) is 0 Å². The first-order valence-electron chi connectivity index (χ1n) is 6.99. The van der Waals surface area contributed by atoms with Crippen LogP contribution in [0.5, 0.6) is 0 Å². The van der Waals surface area contributed by atoms with Gasteiger partial charge in [-0.1, -0.05) is 32.4 Å². The Bertz CT molecular complexity index is 507. The Kier molecular flexibility index (Phi) is 4.44. The summed E-state index contributed by atoms with van der Waals surface area (Å²) in [5.74, 6) is 0.607. The summed E-state index contributed by atoms with van der Waals surface area (Å²) >= 11 is 7.14. The normalized spacial score (nSPS) is 28.9. The van der Waals surface area contributed by atoms with Crippen LogP contribution in [0.25, 0.3) is 0 Å². The van der Waals surface area contributed by atoms with Crippen LogP contribution in [0.4, 0.5) is 0 Å². The number of hydrogen-bond donors (Lipinski definition) is 1. The Balaban J connectivity index is 2.15. The highest BCUT2D eigenvalue weighted by Crippen LogP contribution is 2.51. The van der Waals surface area contributed by atoms with Crippen LogP contribution < -0.4 is 0 Å². The predicted octanol–water partition coefficient (Wildman–Crippen LogP) is 4.58. The number of rotatable bonds is 2. The summed E-state index contributed by atoms with van der Waals surface area (Å²) in [6.45, 7) is 6.73. The van der Waals surface area contributed by atoms with Crippen molar-refractivity contribution in [3.63, 3.8) is 0 Å². The van der Waals surface area contributed by atoms with Gasteiger partial charge in [-0.3, -0.25) is 0 Å². The first-order valence-corrected chi connectivity index (χ1v) is 8.18. The molecule has 1 fully saturated rings. The average Bonchev–Trinajstić information content (AvgIpc) is 2.83. The Hall–Kier alpha value is -0.630. The second kappa shape index (κ2) is 5.63. The maximum absolute atomic E-state index is 10.6. The summed E-state index contributed by atoms with van der Waals surface area (Å²) < 4.78 is 0.551. The largest absolute Gasteiger partial charge is 0.384 e. The van der Waals surface area contributed by atoms with Crippen molar-refractivity contribution in [2.75, 3.05) is 0 Å². The van der Waals surface area contributed by atoms with Crippen LogP contribution in [-0.2, 0) is 0 Å². The van der Waals surface area contributed by atoms with Gasteiger partial charge in [-0.05, 0) is 37.0 Å². The lowest BCUT2D eigenvalue weighted by atomic mass is 9.63. The molecule has 1 aliphatic rings. The number of nitrogens with zero attached hydrogens (tertiary/aromatic N) is 2. The van der Waals surface area contributed by atoms with Crippen molar-refractivity contribution in [2.24, 2.45) is 16.7 Å². The summed E-state index contributed by atoms with van der Waals surface area (Å²) in [5, 5.41) is 20.7. The van der Waals surface area contributed by atoms with E-state index in [-0.39, 0.29) is 5.41 Å². The molecule has 1 unspecified atom stereocenters. The molecule has 0 aromatic carbocycles. The molecule has 1 aliphatic carbocycles. The van der Waals surface area contributed by atoms with Crippen LogP contribution in [0.1, 0.15) is 57.6 Å². The van der Waals surface area contributed by atoms with Crippen molar-refractivity contribution in [3.8, 4) is 6.07 Å². The highest BCUT2D eigenvalue weighted by atomic mass is 35.5. The molecule has 20 heavy (non-hydrogen) atoms. The van der Waals surface area contributed by atoms with E-state index in [1.807, 2.05) is 0 Å². The van der Waals surface area contributed by atoms with E-state index in [0.29, 0.717) is 15.3 Å². The second-order valence-electron chi connectivity index (χ2n) is 6.81. The number of aliphatic hydroxyl groups is 1. The molecule has 0 spiro atoms. The lowest BCUT2D eigenvalue weighted by Gasteiger charge is -2.42. The smallest absolute Gasteiger partial charge is 0.124 e. The third-order valence-corrected chi connectivity index (χ3v) is 5.75. The Labute approximate surface area is 129 Å². The number of nitriles is 1. The number of hydrogen-bond acceptors (Lipinski definition) is 4. The molecule has 5 heteroatoms. The molecule has 0 bridgehead atoms. The molecule has 1 aromatic rings. The van der Waals surface area contributed by atoms with Gasteiger partial charge in [0.15, 0.2) is 0 Å². The van der Waals surface area contributed by atoms with Gasteiger partial charge in [-0.15, -0.1) is 11.3 Å². The predicted molar refractivity (Wildman–Crippen MR) is 81.5 cm³/mol. The Morgan fingerprint density at radius 3 is 2.50 bits per heavy atom. The maximum Gasteiger partial charge on any atom is 0.124 e. The van der Waals surface area contributed by atoms with Crippen molar-refractivity contribution in [3.05, 3.63) is 15.5 Å². The first kappa shape index (κ1) is 15.8. The standard InChI is InChI=1S/C15H21ClN2OS/c1-14(2,3)10-4-6-15(9-17,7-5-10)12(19)13-18-8-11(16)20-13/h8,10,12,19H,4-7H2,1-3H3. The van der Waals surface area contributed by atoms with Crippen LogP contribution in [0, 0.1) is 28.1 Å². The third kappa shape index (κ3) is 3.00. The lowest BCUT2D eigenvalue weighted by molar-refractivity contribution is 0.00830. The molecule has 1 saturated carbocycles. The van der Waals surface area contributed by atoms with Crippen molar-refractivity contribution in [2.45, 2.75) is 52.6 Å². The molecule has 110 valence electrons. The minimum Gasteiger partial charge on any atom is -0.384 e. The van der Waals surface area contributed by atoms with Crippen molar-refractivity contribution in [1.82, 2.24) is 4.98 Å². The highest BCUT2D eigenvalue weighted by molar-refractivity contribution is 7.15. The van der Waals surface area contributed by atoms with Crippen LogP contribution in [0.15, 0.2) is 6.20 Å². The molecule has 0 amide bonds. The minimum atomic E-state index is -0.828. The van der Waals surface area contributed by atoms with Crippen LogP contribution in [0.3, 0.4) is 0 Å². The van der Waals surface area contributed by atoms with Gasteiger partial charge in [-0.2, -0.15) is 5.26 Å². The zero-order valence-electron chi connectivity index (χ0n) is 12.2. The van der Waals surface area contributed by atoms with Gasteiger partial charge in [0.25, 0.3) is 0 Å². The van der Waals surface area contributed by atoms with E-state index in [1.165, 1.54) is 17.5 Å². The van der Waals surface area contributed by atoms with Gasteiger partial charge in [0, 0.05) is 0 Å². The second-order valence-corrected chi connectivity index (χ2v) is 8.51. The van der Waals surface area contributed by atoms with E-state index in [0.717, 1.165) is 25.7 Å². The molecule has 1 N–H and O–H groups in total. The molecule has 0 aliphatic heterocycles. The van der Waals surface area contributed by atoms with Crippen molar-refractivity contribution < 1.29 is 5.11 Å². The fourth-order valence-electron chi connectivity index (χ4n) is 3.08. The van der Waals surface area contributed by atoms with Gasteiger partial charge >= 0.3 is 0 Å². The lowest BCUT2D eigenvalue weighted by Crippen LogP contribution is -2.35. The van der Waals surface area contributed by atoms with Gasteiger partial charge in [0.1, 0.15) is 15.4 Å². The van der Waals surface area contributed by atoms with Gasteiger partial charge in [0.2, 0.25) is 0 Å². The monoisotopic (exact) mass is 312 g/mol. The Morgan fingerprint density at radius 1 is 1.50 bits per heavy atom. The topological polar surface area (TPSA) is 56.9 Å². The highest BCUT2D eigenvalue weighted by Gasteiger charge is 2.45. The number of aliphatic hydroxyl groups excluding tert-OH is 1. The maximum atomic E-state index is 10.6. The van der Waals surface area contributed by atoms with Gasteiger partial charge in [-0.25, -0.2) is 4.98 Å². The fourth-order valence-corrected chi connectivity index (χ4v) is 4.11.